The smallest absolute Gasteiger partial charge is 0.407 e. The van der Waals surface area contributed by atoms with Crippen molar-refractivity contribution in [3.8, 4) is 12.3 Å². The number of nitrogens with two attached hydrogens (primary N) is 1. The van der Waals surface area contributed by atoms with E-state index in [2.05, 4.69) is 26.0 Å². The van der Waals surface area contributed by atoms with E-state index in [1.165, 1.54) is 20.2 Å². The minimum absolute atomic E-state index is 0.0484. The summed E-state index contributed by atoms with van der Waals surface area (Å²) in [6.07, 6.45) is 5.95. The highest BCUT2D eigenvalue weighted by Gasteiger charge is 2.58. The van der Waals surface area contributed by atoms with Crippen LogP contribution in [0.25, 0.3) is 11.2 Å². The number of nitrogens with one attached hydrogen (secondary N) is 1. The number of aromatic nitrogens is 4. The molecule has 0 amide bonds. The number of ether oxygens (including phenoxy) is 2. The number of anilines is 1. The molecule has 2 saturated heterocycles. The molecule has 2 aliphatic rings. The van der Waals surface area contributed by atoms with Crippen LogP contribution in [0.4, 0.5) is 5.82 Å². The van der Waals surface area contributed by atoms with Crippen LogP contribution in [0.2, 0.25) is 5.28 Å². The highest BCUT2D eigenvalue weighted by Crippen LogP contribution is 2.57. The third-order valence-electron chi connectivity index (χ3n) is 5.54. The lowest BCUT2D eigenvalue weighted by Gasteiger charge is -2.39. The van der Waals surface area contributed by atoms with Gasteiger partial charge in [-0.2, -0.15) is 9.97 Å². The van der Waals surface area contributed by atoms with E-state index in [0.29, 0.717) is 11.2 Å². The van der Waals surface area contributed by atoms with Gasteiger partial charge in [-0.3, -0.25) is 18.4 Å². The maximum Gasteiger partial charge on any atom is 0.407 e. The number of nitrogen functional groups attached to an aromatic ring is 1. The van der Waals surface area contributed by atoms with Crippen LogP contribution in [0.3, 0.4) is 0 Å². The number of rotatable bonds is 5. The second kappa shape index (κ2) is 8.69. The molecule has 4 heterocycles. The third kappa shape index (κ3) is 5.03. The number of esters is 1. The van der Waals surface area contributed by atoms with E-state index in [1.54, 1.807) is 4.57 Å². The Morgan fingerprint density at radius 1 is 1.43 bits per heavy atom. The first kappa shape index (κ1) is 25.8. The summed E-state index contributed by atoms with van der Waals surface area (Å²) >= 11 is 5.96. The van der Waals surface area contributed by atoms with E-state index in [1.807, 2.05) is 20.8 Å². The molecule has 14 heteroatoms. The zero-order valence-electron chi connectivity index (χ0n) is 20.1. The molecule has 4 atom stereocenters. The zero-order valence-corrected chi connectivity index (χ0v) is 21.7. The number of carbonyl (C=O) groups is 1. The average Bonchev–Trinajstić information content (AvgIpc) is 3.32. The van der Waals surface area contributed by atoms with Crippen molar-refractivity contribution in [1.82, 2.24) is 24.6 Å². The first-order valence-electron chi connectivity index (χ1n) is 10.9. The molecule has 2 aromatic rings. The van der Waals surface area contributed by atoms with Gasteiger partial charge in [0.2, 0.25) is 5.28 Å². The molecule has 0 aromatic carbocycles. The third-order valence-corrected chi connectivity index (χ3v) is 7.54. The fourth-order valence-corrected chi connectivity index (χ4v) is 5.82. The second-order valence-corrected chi connectivity index (χ2v) is 12.3. The van der Waals surface area contributed by atoms with E-state index < -0.39 is 37.2 Å². The average molecular weight is 527 g/mol. The number of hydrogen-bond acceptors (Lipinski definition) is 10. The topological polar surface area (TPSA) is 153 Å². The minimum atomic E-state index is -3.96. The summed E-state index contributed by atoms with van der Waals surface area (Å²) in [5, 5.41) is 2.65. The number of fused-ring (bicyclic) bond motifs is 2. The summed E-state index contributed by atoms with van der Waals surface area (Å²) in [7, 11) is -3.96. The van der Waals surface area contributed by atoms with Crippen molar-refractivity contribution >= 4 is 42.3 Å². The highest BCUT2D eigenvalue weighted by atomic mass is 35.5. The monoisotopic (exact) mass is 526 g/mol. The van der Waals surface area contributed by atoms with Crippen LogP contribution >= 0.6 is 19.3 Å². The van der Waals surface area contributed by atoms with Gasteiger partial charge in [-0.25, -0.2) is 14.6 Å². The van der Waals surface area contributed by atoms with Crippen molar-refractivity contribution < 1.29 is 27.9 Å². The number of carbonyl (C=O) groups excluding carboxylic acids is 1. The predicted molar refractivity (Wildman–Crippen MR) is 127 cm³/mol. The standard InChI is InChI=1S/C21H28ClN6O6P/c1-7-21-10-32-35(30,27-20(5,6)17(29)31-9-19(2,3)4)34-12(21)8-13(33-21)28-11-24-14-15(23)25-18(22)26-16(14)28/h1,11-13H,8-10H2,2-6H3,(H,27,30)(H2,23,25,26)/t12-,13+,21+,35?/m0/s1. The van der Waals surface area contributed by atoms with Crippen molar-refractivity contribution in [2.45, 2.75) is 64.5 Å². The Labute approximate surface area is 207 Å². The van der Waals surface area contributed by atoms with Crippen LogP contribution in [-0.4, -0.2) is 55.9 Å². The SMILES string of the molecule is C#C[C@@]12COP(=O)(NC(C)(C)C(=O)OCC(C)(C)C)O[C@H]1C[C@H](n1cnc3c(N)nc(Cl)nc31)O2. The van der Waals surface area contributed by atoms with E-state index in [0.717, 1.165) is 0 Å². The van der Waals surface area contributed by atoms with Gasteiger partial charge in [0.15, 0.2) is 17.1 Å². The molecule has 0 bridgehead atoms. The van der Waals surface area contributed by atoms with Gasteiger partial charge in [-0.1, -0.05) is 26.7 Å². The molecule has 2 fully saturated rings. The molecule has 0 radical (unpaired) electrons. The van der Waals surface area contributed by atoms with Crippen molar-refractivity contribution in [3.05, 3.63) is 11.6 Å². The van der Waals surface area contributed by atoms with Crippen molar-refractivity contribution in [1.29, 1.82) is 0 Å². The Bertz CT molecular complexity index is 1250. The second-order valence-electron chi connectivity index (χ2n) is 10.3. The quantitative estimate of drug-likeness (QED) is 0.256. The molecule has 12 nitrogen and oxygen atoms in total. The highest BCUT2D eigenvalue weighted by molar-refractivity contribution is 7.51. The Balaban J connectivity index is 1.53. The summed E-state index contributed by atoms with van der Waals surface area (Å²) in [5.74, 6) is 2.10. The fraction of sp³-hybridized carbons (Fsp3) is 0.619. The van der Waals surface area contributed by atoms with Crippen LogP contribution in [0, 0.1) is 17.8 Å². The normalized spacial score (nSPS) is 29.1. The van der Waals surface area contributed by atoms with Gasteiger partial charge < -0.3 is 15.2 Å². The van der Waals surface area contributed by atoms with E-state index in [4.69, 9.17) is 42.3 Å². The largest absolute Gasteiger partial charge is 0.464 e. The molecule has 4 rings (SSSR count). The maximum atomic E-state index is 13.5. The van der Waals surface area contributed by atoms with Gasteiger partial charge in [0.05, 0.1) is 12.9 Å². The summed E-state index contributed by atoms with van der Waals surface area (Å²) < 4.78 is 38.0. The lowest BCUT2D eigenvalue weighted by molar-refractivity contribution is -0.153. The lowest BCUT2D eigenvalue weighted by atomic mass is 9.98. The summed E-state index contributed by atoms with van der Waals surface area (Å²) in [4.78, 5) is 25.0. The van der Waals surface area contributed by atoms with E-state index in [-0.39, 0.29) is 36.2 Å². The first-order chi connectivity index (χ1) is 16.2. The van der Waals surface area contributed by atoms with Gasteiger partial charge >= 0.3 is 13.7 Å². The van der Waals surface area contributed by atoms with Crippen LogP contribution in [-0.2, 0) is 27.9 Å². The van der Waals surface area contributed by atoms with E-state index >= 15 is 0 Å². The van der Waals surface area contributed by atoms with Crippen LogP contribution in [0.15, 0.2) is 6.33 Å². The van der Waals surface area contributed by atoms with Gasteiger partial charge in [0.25, 0.3) is 0 Å². The number of nitrogens with zero attached hydrogens (tertiary/aromatic N) is 4. The molecule has 3 N–H and O–H groups in total. The van der Waals surface area contributed by atoms with E-state index in [9.17, 15) is 9.36 Å². The number of hydrogen-bond donors (Lipinski definition) is 2. The Morgan fingerprint density at radius 3 is 2.80 bits per heavy atom. The molecule has 0 aliphatic carbocycles. The van der Waals surface area contributed by atoms with Gasteiger partial charge in [-0.15, -0.1) is 6.42 Å². The van der Waals surface area contributed by atoms with Gasteiger partial charge in [-0.05, 0) is 30.9 Å². The fourth-order valence-electron chi connectivity index (χ4n) is 3.74. The van der Waals surface area contributed by atoms with Gasteiger partial charge in [0, 0.05) is 6.42 Å². The molecule has 2 aliphatic heterocycles. The Morgan fingerprint density at radius 2 is 2.14 bits per heavy atom. The van der Waals surface area contributed by atoms with Crippen LogP contribution < -0.4 is 10.8 Å². The van der Waals surface area contributed by atoms with Gasteiger partial charge in [0.1, 0.15) is 30.0 Å². The van der Waals surface area contributed by atoms with Crippen LogP contribution in [0.5, 0.6) is 0 Å². The Hall–Kier alpha value is -2.26. The molecular weight excluding hydrogens is 499 g/mol. The molecule has 0 spiro atoms. The van der Waals surface area contributed by atoms with Crippen LogP contribution in [0.1, 0.15) is 47.3 Å². The zero-order chi connectivity index (χ0) is 25.8. The van der Waals surface area contributed by atoms with Crippen molar-refractivity contribution in [2.75, 3.05) is 18.9 Å². The molecule has 0 saturated carbocycles. The Kier molecular flexibility index (Phi) is 6.41. The number of terminal acetylenes is 1. The van der Waals surface area contributed by atoms with Crippen molar-refractivity contribution in [3.63, 3.8) is 0 Å². The number of imidazole rings is 1. The predicted octanol–water partition coefficient (Wildman–Crippen LogP) is 2.83. The molecular formula is C21H28ClN6O6P. The summed E-state index contributed by atoms with van der Waals surface area (Å²) in [6, 6.07) is 0. The molecule has 2 aromatic heterocycles. The lowest BCUT2D eigenvalue weighted by Crippen LogP contribution is -2.52. The molecule has 35 heavy (non-hydrogen) atoms. The summed E-state index contributed by atoms with van der Waals surface area (Å²) in [6.45, 7) is 8.84. The van der Waals surface area contributed by atoms with Crippen molar-refractivity contribution in [2.24, 2.45) is 5.41 Å². The first-order valence-corrected chi connectivity index (χ1v) is 12.8. The molecule has 190 valence electrons. The minimum Gasteiger partial charge on any atom is -0.464 e. The maximum absolute atomic E-state index is 13.5. The summed E-state index contributed by atoms with van der Waals surface area (Å²) in [5.41, 5.74) is 3.68. The number of halogens is 1. The molecule has 1 unspecified atom stereocenters.